The summed E-state index contributed by atoms with van der Waals surface area (Å²) in [5.41, 5.74) is 8.17. The maximum atomic E-state index is 5.87. The van der Waals surface area contributed by atoms with Crippen LogP contribution in [-0.2, 0) is 6.54 Å². The van der Waals surface area contributed by atoms with Crippen LogP contribution in [0, 0.1) is 6.92 Å². The van der Waals surface area contributed by atoms with Gasteiger partial charge in [0.25, 0.3) is 0 Å². The number of aromatic nitrogens is 4. The van der Waals surface area contributed by atoms with Gasteiger partial charge in [0, 0.05) is 30.6 Å². The molecule has 22 heavy (non-hydrogen) atoms. The lowest BCUT2D eigenvalue weighted by atomic mass is 10.2. The van der Waals surface area contributed by atoms with Crippen molar-refractivity contribution >= 4 is 5.82 Å². The van der Waals surface area contributed by atoms with Gasteiger partial charge in [0.2, 0.25) is 0 Å². The first-order valence-corrected chi connectivity index (χ1v) is 7.05. The lowest BCUT2D eigenvalue weighted by molar-refractivity contribution is 0.475. The first-order valence-electron chi connectivity index (χ1n) is 7.05. The van der Waals surface area contributed by atoms with E-state index in [1.807, 2.05) is 42.9 Å². The van der Waals surface area contributed by atoms with Crippen LogP contribution in [0.5, 0.6) is 11.5 Å². The molecule has 0 aromatic carbocycles. The van der Waals surface area contributed by atoms with E-state index in [4.69, 9.17) is 10.5 Å². The second-order valence-electron chi connectivity index (χ2n) is 4.88. The van der Waals surface area contributed by atoms with Crippen molar-refractivity contribution in [1.82, 2.24) is 19.7 Å². The van der Waals surface area contributed by atoms with Crippen LogP contribution in [0.15, 0.2) is 42.9 Å². The Morgan fingerprint density at radius 2 is 2.14 bits per heavy atom. The van der Waals surface area contributed by atoms with E-state index in [9.17, 15) is 0 Å². The molecule has 0 aliphatic rings. The zero-order chi connectivity index (χ0) is 15.5. The lowest BCUT2D eigenvalue weighted by Gasteiger charge is -2.09. The van der Waals surface area contributed by atoms with Crippen LogP contribution < -0.4 is 10.5 Å². The van der Waals surface area contributed by atoms with E-state index < -0.39 is 0 Å². The Hall–Kier alpha value is -2.89. The fraction of sp³-hybridized carbons (Fsp3) is 0.188. The normalized spacial score (nSPS) is 10.6. The second-order valence-corrected chi connectivity index (χ2v) is 4.88. The van der Waals surface area contributed by atoms with Gasteiger partial charge in [-0.15, -0.1) is 0 Å². The molecule has 112 valence electrons. The minimum absolute atomic E-state index is 0.479. The van der Waals surface area contributed by atoms with Gasteiger partial charge in [-0.3, -0.25) is 9.67 Å². The van der Waals surface area contributed by atoms with E-state index in [0.29, 0.717) is 17.3 Å². The highest BCUT2D eigenvalue weighted by Gasteiger charge is 2.07. The van der Waals surface area contributed by atoms with Crippen molar-refractivity contribution in [2.24, 2.45) is 0 Å². The largest absolute Gasteiger partial charge is 0.455 e. The smallest absolute Gasteiger partial charge is 0.148 e. The molecule has 3 rings (SSSR count). The van der Waals surface area contributed by atoms with Crippen molar-refractivity contribution in [3.63, 3.8) is 0 Å². The van der Waals surface area contributed by atoms with Gasteiger partial charge in [-0.25, -0.2) is 4.98 Å². The third kappa shape index (κ3) is 2.90. The number of anilines is 1. The SMILES string of the molecule is CCn1cc(-c2cc(Oc3ccc(N)nc3C)ccn2)cn1. The van der Waals surface area contributed by atoms with Gasteiger partial charge in [-0.2, -0.15) is 5.10 Å². The highest BCUT2D eigenvalue weighted by atomic mass is 16.5. The Kier molecular flexibility index (Phi) is 3.74. The monoisotopic (exact) mass is 295 g/mol. The van der Waals surface area contributed by atoms with Crippen LogP contribution in [-0.4, -0.2) is 19.7 Å². The molecule has 0 saturated heterocycles. The van der Waals surface area contributed by atoms with Gasteiger partial charge in [0.1, 0.15) is 17.3 Å². The van der Waals surface area contributed by atoms with Gasteiger partial charge in [0.15, 0.2) is 0 Å². The number of rotatable bonds is 4. The van der Waals surface area contributed by atoms with Crippen LogP contribution in [0.1, 0.15) is 12.6 Å². The molecule has 3 heterocycles. The molecule has 0 saturated carbocycles. The van der Waals surface area contributed by atoms with E-state index >= 15 is 0 Å². The van der Waals surface area contributed by atoms with E-state index in [1.54, 1.807) is 18.5 Å². The molecular formula is C16H17N5O. The molecule has 0 aliphatic heterocycles. The maximum Gasteiger partial charge on any atom is 0.148 e. The molecule has 0 atom stereocenters. The highest BCUT2D eigenvalue weighted by molar-refractivity contribution is 5.59. The summed E-state index contributed by atoms with van der Waals surface area (Å²) in [6, 6.07) is 7.22. The molecule has 0 fully saturated rings. The lowest BCUT2D eigenvalue weighted by Crippen LogP contribution is -1.95. The number of aryl methyl sites for hydroxylation is 2. The van der Waals surface area contributed by atoms with Crippen molar-refractivity contribution in [2.75, 3.05) is 5.73 Å². The topological polar surface area (TPSA) is 78.9 Å². The molecule has 3 aromatic heterocycles. The Labute approximate surface area is 128 Å². The van der Waals surface area contributed by atoms with Crippen molar-refractivity contribution in [3.05, 3.63) is 48.5 Å². The zero-order valence-corrected chi connectivity index (χ0v) is 12.5. The molecule has 0 radical (unpaired) electrons. The highest BCUT2D eigenvalue weighted by Crippen LogP contribution is 2.27. The molecule has 6 nitrogen and oxygen atoms in total. The van der Waals surface area contributed by atoms with Crippen molar-refractivity contribution < 1.29 is 4.74 Å². The molecule has 0 spiro atoms. The summed E-state index contributed by atoms with van der Waals surface area (Å²) in [5, 5.41) is 4.26. The summed E-state index contributed by atoms with van der Waals surface area (Å²) < 4.78 is 7.73. The van der Waals surface area contributed by atoms with E-state index in [1.165, 1.54) is 0 Å². The quantitative estimate of drug-likeness (QED) is 0.800. The Bertz CT molecular complexity index is 797. The Morgan fingerprint density at radius 3 is 2.86 bits per heavy atom. The van der Waals surface area contributed by atoms with E-state index in [-0.39, 0.29) is 0 Å². The number of ether oxygens (including phenoxy) is 1. The van der Waals surface area contributed by atoms with Gasteiger partial charge in [0.05, 0.1) is 17.6 Å². The van der Waals surface area contributed by atoms with Crippen LogP contribution in [0.25, 0.3) is 11.3 Å². The van der Waals surface area contributed by atoms with E-state index in [0.717, 1.165) is 23.5 Å². The number of hydrogen-bond acceptors (Lipinski definition) is 5. The van der Waals surface area contributed by atoms with Crippen molar-refractivity contribution in [3.8, 4) is 22.8 Å². The predicted octanol–water partition coefficient (Wildman–Crippen LogP) is 3.04. The fourth-order valence-corrected chi connectivity index (χ4v) is 2.10. The van der Waals surface area contributed by atoms with Gasteiger partial charge < -0.3 is 10.5 Å². The summed E-state index contributed by atoms with van der Waals surface area (Å²) in [4.78, 5) is 8.56. The second kappa shape index (κ2) is 5.85. The average Bonchev–Trinajstić information content (AvgIpc) is 2.99. The maximum absolute atomic E-state index is 5.87. The number of nitrogens with two attached hydrogens (primary N) is 1. The van der Waals surface area contributed by atoms with Crippen LogP contribution in [0.4, 0.5) is 5.82 Å². The third-order valence-corrected chi connectivity index (χ3v) is 3.27. The van der Waals surface area contributed by atoms with Gasteiger partial charge in [-0.1, -0.05) is 0 Å². The fourth-order valence-electron chi connectivity index (χ4n) is 2.10. The molecule has 3 aromatic rings. The summed E-state index contributed by atoms with van der Waals surface area (Å²) >= 11 is 0. The Morgan fingerprint density at radius 1 is 1.27 bits per heavy atom. The van der Waals surface area contributed by atoms with E-state index in [2.05, 4.69) is 15.1 Å². The van der Waals surface area contributed by atoms with Crippen LogP contribution >= 0.6 is 0 Å². The summed E-state index contributed by atoms with van der Waals surface area (Å²) in [6.45, 7) is 4.73. The van der Waals surface area contributed by atoms with Gasteiger partial charge >= 0.3 is 0 Å². The average molecular weight is 295 g/mol. The molecule has 6 heteroatoms. The molecule has 0 amide bonds. The molecule has 2 N–H and O–H groups in total. The number of nitrogen functional groups attached to an aromatic ring is 1. The minimum Gasteiger partial charge on any atom is -0.455 e. The van der Waals surface area contributed by atoms with Crippen molar-refractivity contribution in [2.45, 2.75) is 20.4 Å². The number of hydrogen-bond donors (Lipinski definition) is 1. The number of nitrogens with zero attached hydrogens (tertiary/aromatic N) is 4. The summed E-state index contributed by atoms with van der Waals surface area (Å²) in [5.74, 6) is 1.85. The summed E-state index contributed by atoms with van der Waals surface area (Å²) in [6.07, 6.45) is 5.47. The minimum atomic E-state index is 0.479. The molecule has 0 unspecified atom stereocenters. The van der Waals surface area contributed by atoms with Crippen LogP contribution in [0.2, 0.25) is 0 Å². The number of pyridine rings is 2. The predicted molar refractivity (Wildman–Crippen MR) is 84.6 cm³/mol. The first-order chi connectivity index (χ1) is 10.7. The van der Waals surface area contributed by atoms with Crippen molar-refractivity contribution in [1.29, 1.82) is 0 Å². The molecular weight excluding hydrogens is 278 g/mol. The van der Waals surface area contributed by atoms with Crippen LogP contribution in [0.3, 0.4) is 0 Å². The molecule has 0 bridgehead atoms. The first kappa shape index (κ1) is 14.1. The zero-order valence-electron chi connectivity index (χ0n) is 12.5. The Balaban J connectivity index is 1.87. The standard InChI is InChI=1S/C16H17N5O/c1-3-21-10-12(9-19-21)14-8-13(6-7-18-14)22-15-4-5-16(17)20-11(15)2/h4-10H,3H2,1-2H3,(H2,17,20). The molecule has 0 aliphatic carbocycles. The van der Waals surface area contributed by atoms with Gasteiger partial charge in [-0.05, 0) is 32.0 Å². The third-order valence-electron chi connectivity index (χ3n) is 3.27. The summed E-state index contributed by atoms with van der Waals surface area (Å²) in [7, 11) is 0.